The van der Waals surface area contributed by atoms with E-state index in [1.807, 2.05) is 49.8 Å². The van der Waals surface area contributed by atoms with Crippen LogP contribution in [0.25, 0.3) is 0 Å². The SMILES string of the molecule is Cc1nn(C)c(C)c1CCC(=O)Cc1ccccc1Cl. The first-order chi connectivity index (χ1) is 9.49. The summed E-state index contributed by atoms with van der Waals surface area (Å²) in [5, 5.41) is 5.03. The second-order valence-electron chi connectivity index (χ2n) is 5.08. The molecule has 0 spiro atoms. The monoisotopic (exact) mass is 290 g/mol. The third-order valence-electron chi connectivity index (χ3n) is 3.66. The number of hydrogen-bond donors (Lipinski definition) is 0. The van der Waals surface area contributed by atoms with Crippen LogP contribution in [0.3, 0.4) is 0 Å². The molecule has 0 aliphatic carbocycles. The van der Waals surface area contributed by atoms with Gasteiger partial charge in [-0.15, -0.1) is 0 Å². The number of aromatic nitrogens is 2. The number of Topliss-reactive ketones (excluding diaryl/α,β-unsaturated/α-hetero) is 1. The maximum absolute atomic E-state index is 12.1. The average molecular weight is 291 g/mol. The Hall–Kier alpha value is -1.61. The molecule has 0 fully saturated rings. The third kappa shape index (κ3) is 3.28. The topological polar surface area (TPSA) is 34.9 Å². The molecule has 0 aliphatic rings. The average Bonchev–Trinajstić information content (AvgIpc) is 2.64. The molecule has 3 nitrogen and oxygen atoms in total. The van der Waals surface area contributed by atoms with Crippen molar-refractivity contribution in [2.75, 3.05) is 0 Å². The van der Waals surface area contributed by atoms with Crippen molar-refractivity contribution in [2.24, 2.45) is 7.05 Å². The van der Waals surface area contributed by atoms with E-state index in [9.17, 15) is 4.79 Å². The van der Waals surface area contributed by atoms with E-state index in [2.05, 4.69) is 5.10 Å². The third-order valence-corrected chi connectivity index (χ3v) is 4.03. The molecule has 106 valence electrons. The summed E-state index contributed by atoms with van der Waals surface area (Å²) in [7, 11) is 1.93. The van der Waals surface area contributed by atoms with Crippen molar-refractivity contribution in [3.63, 3.8) is 0 Å². The van der Waals surface area contributed by atoms with Crippen LogP contribution in [0.2, 0.25) is 5.02 Å². The molecular weight excluding hydrogens is 272 g/mol. The first-order valence-electron chi connectivity index (χ1n) is 6.73. The van der Waals surface area contributed by atoms with Crippen molar-refractivity contribution in [2.45, 2.75) is 33.1 Å². The highest BCUT2D eigenvalue weighted by Crippen LogP contribution is 2.18. The van der Waals surface area contributed by atoms with E-state index >= 15 is 0 Å². The molecule has 0 saturated carbocycles. The number of hydrogen-bond acceptors (Lipinski definition) is 2. The molecule has 0 saturated heterocycles. The highest BCUT2D eigenvalue weighted by molar-refractivity contribution is 6.31. The van der Waals surface area contributed by atoms with Gasteiger partial charge >= 0.3 is 0 Å². The maximum atomic E-state index is 12.1. The van der Waals surface area contributed by atoms with E-state index in [0.29, 0.717) is 17.9 Å². The molecule has 0 amide bonds. The summed E-state index contributed by atoms with van der Waals surface area (Å²) in [5.41, 5.74) is 4.22. The fourth-order valence-corrected chi connectivity index (χ4v) is 2.59. The smallest absolute Gasteiger partial charge is 0.137 e. The van der Waals surface area contributed by atoms with Crippen molar-refractivity contribution in [1.82, 2.24) is 9.78 Å². The van der Waals surface area contributed by atoms with Gasteiger partial charge in [-0.3, -0.25) is 9.48 Å². The molecule has 2 rings (SSSR count). The second kappa shape index (κ2) is 6.23. The molecule has 0 bridgehead atoms. The number of nitrogens with zero attached hydrogens (tertiary/aromatic N) is 2. The molecule has 0 atom stereocenters. The maximum Gasteiger partial charge on any atom is 0.137 e. The molecule has 1 aromatic heterocycles. The lowest BCUT2D eigenvalue weighted by Gasteiger charge is -2.04. The zero-order valence-corrected chi connectivity index (χ0v) is 12.9. The molecule has 20 heavy (non-hydrogen) atoms. The standard InChI is InChI=1S/C16H19ClN2O/c1-11-15(12(2)19(3)18-11)9-8-14(20)10-13-6-4-5-7-16(13)17/h4-7H,8-10H2,1-3H3. The summed E-state index contributed by atoms with van der Waals surface area (Å²) < 4.78 is 1.86. The normalized spacial score (nSPS) is 10.8. The molecular formula is C16H19ClN2O. The summed E-state index contributed by atoms with van der Waals surface area (Å²) in [4.78, 5) is 12.1. The van der Waals surface area contributed by atoms with Crippen LogP contribution in [0.1, 0.15) is 28.9 Å². The summed E-state index contributed by atoms with van der Waals surface area (Å²) >= 11 is 6.07. The van der Waals surface area contributed by atoms with Crippen molar-refractivity contribution >= 4 is 17.4 Å². The van der Waals surface area contributed by atoms with Crippen LogP contribution in [-0.4, -0.2) is 15.6 Å². The van der Waals surface area contributed by atoms with Crippen LogP contribution in [-0.2, 0) is 24.7 Å². The zero-order valence-electron chi connectivity index (χ0n) is 12.1. The number of benzene rings is 1. The van der Waals surface area contributed by atoms with Crippen LogP contribution in [0, 0.1) is 13.8 Å². The Morgan fingerprint density at radius 1 is 1.30 bits per heavy atom. The van der Waals surface area contributed by atoms with E-state index in [-0.39, 0.29) is 5.78 Å². The largest absolute Gasteiger partial charge is 0.299 e. The zero-order chi connectivity index (χ0) is 14.7. The van der Waals surface area contributed by atoms with Gasteiger partial charge in [0.15, 0.2) is 0 Å². The van der Waals surface area contributed by atoms with Crippen molar-refractivity contribution in [3.8, 4) is 0 Å². The molecule has 1 heterocycles. The van der Waals surface area contributed by atoms with Gasteiger partial charge in [-0.05, 0) is 37.5 Å². The van der Waals surface area contributed by atoms with E-state index in [1.54, 1.807) is 0 Å². The van der Waals surface area contributed by atoms with Crippen molar-refractivity contribution < 1.29 is 4.79 Å². The first-order valence-corrected chi connectivity index (χ1v) is 7.11. The fraction of sp³-hybridized carbons (Fsp3) is 0.375. The Balaban J connectivity index is 1.98. The second-order valence-corrected chi connectivity index (χ2v) is 5.49. The van der Waals surface area contributed by atoms with E-state index in [1.165, 1.54) is 5.56 Å². The first kappa shape index (κ1) is 14.8. The minimum Gasteiger partial charge on any atom is -0.299 e. The van der Waals surface area contributed by atoms with E-state index in [0.717, 1.165) is 23.4 Å². The van der Waals surface area contributed by atoms with Crippen LogP contribution < -0.4 is 0 Å². The predicted octanol–water partition coefficient (Wildman–Crippen LogP) is 3.43. The number of carbonyl (C=O) groups excluding carboxylic acids is 1. The Kier molecular flexibility index (Phi) is 4.61. The van der Waals surface area contributed by atoms with Crippen molar-refractivity contribution in [1.29, 1.82) is 0 Å². The Morgan fingerprint density at radius 3 is 2.60 bits per heavy atom. The summed E-state index contributed by atoms with van der Waals surface area (Å²) in [6.07, 6.45) is 1.67. The van der Waals surface area contributed by atoms with Gasteiger partial charge < -0.3 is 0 Å². The van der Waals surface area contributed by atoms with Gasteiger partial charge in [-0.1, -0.05) is 29.8 Å². The van der Waals surface area contributed by atoms with Gasteiger partial charge in [0.2, 0.25) is 0 Å². The molecule has 1 aromatic carbocycles. The van der Waals surface area contributed by atoms with Gasteiger partial charge in [0.05, 0.1) is 5.69 Å². The number of aryl methyl sites for hydroxylation is 2. The molecule has 2 aromatic rings. The molecule has 0 aliphatic heterocycles. The van der Waals surface area contributed by atoms with Gasteiger partial charge in [0.1, 0.15) is 5.78 Å². The minimum atomic E-state index is 0.209. The number of halogens is 1. The van der Waals surface area contributed by atoms with Gasteiger partial charge in [-0.25, -0.2) is 0 Å². The Labute approximate surface area is 124 Å². The van der Waals surface area contributed by atoms with Crippen molar-refractivity contribution in [3.05, 3.63) is 51.8 Å². The number of rotatable bonds is 5. The lowest BCUT2D eigenvalue weighted by molar-refractivity contribution is -0.118. The molecule has 0 radical (unpaired) electrons. The molecule has 4 heteroatoms. The predicted molar refractivity (Wildman–Crippen MR) is 81.2 cm³/mol. The lowest BCUT2D eigenvalue weighted by atomic mass is 10.0. The van der Waals surface area contributed by atoms with E-state index < -0.39 is 0 Å². The number of carbonyl (C=O) groups is 1. The summed E-state index contributed by atoms with van der Waals surface area (Å²) in [6, 6.07) is 7.50. The fourth-order valence-electron chi connectivity index (χ4n) is 2.39. The van der Waals surface area contributed by atoms with Crippen LogP contribution >= 0.6 is 11.6 Å². The van der Waals surface area contributed by atoms with Crippen LogP contribution in [0.4, 0.5) is 0 Å². The van der Waals surface area contributed by atoms with Gasteiger partial charge in [-0.2, -0.15) is 5.10 Å². The highest BCUT2D eigenvalue weighted by atomic mass is 35.5. The van der Waals surface area contributed by atoms with E-state index in [4.69, 9.17) is 11.6 Å². The van der Waals surface area contributed by atoms with Gasteiger partial charge in [0, 0.05) is 30.6 Å². The Morgan fingerprint density at radius 2 is 2.00 bits per heavy atom. The van der Waals surface area contributed by atoms with Gasteiger partial charge in [0.25, 0.3) is 0 Å². The van der Waals surface area contributed by atoms with Crippen LogP contribution in [0.15, 0.2) is 24.3 Å². The number of ketones is 1. The summed E-state index contributed by atoms with van der Waals surface area (Å²) in [6.45, 7) is 4.02. The minimum absolute atomic E-state index is 0.209. The highest BCUT2D eigenvalue weighted by Gasteiger charge is 2.12. The van der Waals surface area contributed by atoms with Crippen LogP contribution in [0.5, 0.6) is 0 Å². The quantitative estimate of drug-likeness (QED) is 0.845. The Bertz CT molecular complexity index is 631. The molecule has 0 unspecified atom stereocenters. The summed E-state index contributed by atoms with van der Waals surface area (Å²) in [5.74, 6) is 0.209. The lowest BCUT2D eigenvalue weighted by Crippen LogP contribution is -2.05. The molecule has 0 N–H and O–H groups in total.